The lowest BCUT2D eigenvalue weighted by Gasteiger charge is -2.11. The van der Waals surface area contributed by atoms with Gasteiger partial charge in [0.25, 0.3) is 10.0 Å². The molecule has 4 rings (SSSR count). The maximum absolute atomic E-state index is 12.9. The van der Waals surface area contributed by atoms with Gasteiger partial charge in [-0.25, -0.2) is 21.8 Å². The quantitative estimate of drug-likeness (QED) is 0.443. The lowest BCUT2D eigenvalue weighted by Crippen LogP contribution is -2.14. The number of halogens is 1. The zero-order chi connectivity index (χ0) is 21.5. The zero-order valence-electron chi connectivity index (χ0n) is 15.5. The molecule has 1 N–H and O–H groups in total. The Balaban J connectivity index is 1.70. The van der Waals surface area contributed by atoms with Crippen molar-refractivity contribution >= 4 is 58.7 Å². The summed E-state index contributed by atoms with van der Waals surface area (Å²) in [5.41, 5.74) is 1.94. The van der Waals surface area contributed by atoms with Gasteiger partial charge in [-0.2, -0.15) is 0 Å². The Morgan fingerprint density at radius 3 is 2.43 bits per heavy atom. The average molecular weight is 479 g/mol. The smallest absolute Gasteiger partial charge is 0.263 e. The number of para-hydroxylation sites is 1. The van der Waals surface area contributed by atoms with Crippen LogP contribution in [0.2, 0.25) is 5.02 Å². The summed E-state index contributed by atoms with van der Waals surface area (Å²) in [5, 5.41) is 0.687. The first-order valence-corrected chi connectivity index (χ1v) is 13.2. The molecule has 30 heavy (non-hydrogen) atoms. The third kappa shape index (κ3) is 4.20. The SMILES string of the molecule is CS(=O)(=O)c1ccc(Cl)c(S(=O)(=O)Nc2cccc(-c3nc4ccccc4s3)c2)c1. The van der Waals surface area contributed by atoms with Gasteiger partial charge in [-0.15, -0.1) is 11.3 Å². The monoisotopic (exact) mass is 478 g/mol. The average Bonchev–Trinajstić information content (AvgIpc) is 3.11. The van der Waals surface area contributed by atoms with Crippen LogP contribution in [0.25, 0.3) is 20.8 Å². The lowest BCUT2D eigenvalue weighted by molar-refractivity contribution is 0.600. The molecule has 3 aromatic carbocycles. The van der Waals surface area contributed by atoms with Crippen molar-refractivity contribution in [3.63, 3.8) is 0 Å². The highest BCUT2D eigenvalue weighted by Gasteiger charge is 2.21. The fraction of sp³-hybridized carbons (Fsp3) is 0.0500. The van der Waals surface area contributed by atoms with E-state index in [-0.39, 0.29) is 14.8 Å². The summed E-state index contributed by atoms with van der Waals surface area (Å²) < 4.78 is 52.9. The summed E-state index contributed by atoms with van der Waals surface area (Å²) in [5.74, 6) is 0. The number of sulfonamides is 1. The molecule has 0 bridgehead atoms. The van der Waals surface area contributed by atoms with Gasteiger partial charge >= 0.3 is 0 Å². The van der Waals surface area contributed by atoms with Crippen molar-refractivity contribution in [1.29, 1.82) is 0 Å². The topological polar surface area (TPSA) is 93.2 Å². The van der Waals surface area contributed by atoms with Crippen molar-refractivity contribution in [2.75, 3.05) is 11.0 Å². The number of sulfone groups is 1. The summed E-state index contributed by atoms with van der Waals surface area (Å²) in [6.07, 6.45) is 1.00. The molecule has 0 spiro atoms. The minimum absolute atomic E-state index is 0.0720. The van der Waals surface area contributed by atoms with E-state index >= 15 is 0 Å². The van der Waals surface area contributed by atoms with Crippen molar-refractivity contribution in [3.05, 3.63) is 71.8 Å². The highest BCUT2D eigenvalue weighted by molar-refractivity contribution is 7.93. The van der Waals surface area contributed by atoms with Gasteiger partial charge in [0.2, 0.25) is 0 Å². The molecule has 0 fully saturated rings. The van der Waals surface area contributed by atoms with Crippen LogP contribution in [0.1, 0.15) is 0 Å². The second kappa shape index (κ2) is 7.66. The fourth-order valence-electron chi connectivity index (χ4n) is 2.84. The molecule has 0 amide bonds. The Morgan fingerprint density at radius 1 is 0.933 bits per heavy atom. The van der Waals surface area contributed by atoms with Crippen molar-refractivity contribution in [3.8, 4) is 10.6 Å². The van der Waals surface area contributed by atoms with Crippen molar-refractivity contribution in [1.82, 2.24) is 4.98 Å². The van der Waals surface area contributed by atoms with Gasteiger partial charge in [0.15, 0.2) is 9.84 Å². The number of nitrogens with one attached hydrogen (secondary N) is 1. The normalized spacial score (nSPS) is 12.2. The fourth-order valence-corrected chi connectivity index (χ4v) is 6.10. The Kier molecular flexibility index (Phi) is 5.31. The molecule has 1 aromatic heterocycles. The third-order valence-electron chi connectivity index (χ3n) is 4.28. The molecule has 10 heteroatoms. The van der Waals surface area contributed by atoms with Crippen LogP contribution in [0.15, 0.2) is 76.5 Å². The van der Waals surface area contributed by atoms with Crippen LogP contribution in [0.3, 0.4) is 0 Å². The van der Waals surface area contributed by atoms with Gasteiger partial charge in [0.05, 0.1) is 20.1 Å². The van der Waals surface area contributed by atoms with Crippen molar-refractivity contribution in [2.45, 2.75) is 9.79 Å². The number of rotatable bonds is 5. The number of nitrogens with zero attached hydrogens (tertiary/aromatic N) is 1. The van der Waals surface area contributed by atoms with E-state index in [2.05, 4.69) is 9.71 Å². The third-order valence-corrected chi connectivity index (χ3v) is 8.33. The molecule has 0 aliphatic carbocycles. The summed E-state index contributed by atoms with van der Waals surface area (Å²) in [7, 11) is -7.70. The van der Waals surface area contributed by atoms with Crippen LogP contribution in [0, 0.1) is 0 Å². The van der Waals surface area contributed by atoms with Crippen molar-refractivity contribution < 1.29 is 16.8 Å². The predicted octanol–water partition coefficient (Wildman–Crippen LogP) is 4.82. The Labute approximate surface area is 183 Å². The Hall–Kier alpha value is -2.46. The molecule has 0 aliphatic heterocycles. The minimum Gasteiger partial charge on any atom is -0.280 e. The van der Waals surface area contributed by atoms with Gasteiger partial charge in [-0.3, -0.25) is 4.72 Å². The number of aromatic nitrogens is 1. The van der Waals surface area contributed by atoms with E-state index in [0.717, 1.165) is 33.1 Å². The number of anilines is 1. The van der Waals surface area contributed by atoms with Gasteiger partial charge in [-0.1, -0.05) is 35.9 Å². The van der Waals surface area contributed by atoms with E-state index in [0.29, 0.717) is 5.69 Å². The molecule has 0 saturated heterocycles. The van der Waals surface area contributed by atoms with Gasteiger partial charge in [-0.05, 0) is 42.5 Å². The van der Waals surface area contributed by atoms with Crippen LogP contribution in [-0.2, 0) is 19.9 Å². The molecule has 154 valence electrons. The van der Waals surface area contributed by atoms with Crippen LogP contribution in [0.5, 0.6) is 0 Å². The summed E-state index contributed by atoms with van der Waals surface area (Å²) in [4.78, 5) is 4.15. The molecule has 0 aliphatic rings. The minimum atomic E-state index is -4.11. The first-order valence-electron chi connectivity index (χ1n) is 8.62. The maximum atomic E-state index is 12.9. The van der Waals surface area contributed by atoms with E-state index in [1.54, 1.807) is 18.2 Å². The zero-order valence-corrected chi connectivity index (χ0v) is 18.7. The molecule has 0 atom stereocenters. The highest BCUT2D eigenvalue weighted by atomic mass is 35.5. The molecule has 4 aromatic rings. The molecular weight excluding hydrogens is 464 g/mol. The maximum Gasteiger partial charge on any atom is 0.263 e. The summed E-state index contributed by atoms with van der Waals surface area (Å²) in [6, 6.07) is 18.1. The van der Waals surface area contributed by atoms with Crippen LogP contribution in [0.4, 0.5) is 5.69 Å². The molecule has 1 heterocycles. The number of fused-ring (bicyclic) bond motifs is 1. The Morgan fingerprint density at radius 2 is 1.70 bits per heavy atom. The van der Waals surface area contributed by atoms with E-state index in [1.165, 1.54) is 23.5 Å². The van der Waals surface area contributed by atoms with E-state index in [9.17, 15) is 16.8 Å². The molecule has 0 saturated carbocycles. The molecule has 6 nitrogen and oxygen atoms in total. The summed E-state index contributed by atoms with van der Waals surface area (Å²) >= 11 is 7.55. The number of hydrogen-bond donors (Lipinski definition) is 1. The van der Waals surface area contributed by atoms with Gasteiger partial charge in [0, 0.05) is 17.5 Å². The van der Waals surface area contributed by atoms with Gasteiger partial charge < -0.3 is 0 Å². The first kappa shape index (κ1) is 20.8. The molecule has 0 unspecified atom stereocenters. The van der Waals surface area contributed by atoms with Crippen LogP contribution >= 0.6 is 22.9 Å². The Bertz CT molecular complexity index is 1450. The second-order valence-electron chi connectivity index (χ2n) is 6.54. The number of benzene rings is 3. The molecule has 0 radical (unpaired) electrons. The number of thiazole rings is 1. The standard InChI is InChI=1S/C20H15ClN2O4S3/c1-29(24,25)15-9-10-16(21)19(12-15)30(26,27)23-14-6-4-5-13(11-14)20-22-17-7-2-3-8-18(17)28-20/h2-12,23H,1H3. The largest absolute Gasteiger partial charge is 0.280 e. The van der Waals surface area contributed by atoms with E-state index in [4.69, 9.17) is 11.6 Å². The lowest BCUT2D eigenvalue weighted by atomic mass is 10.2. The van der Waals surface area contributed by atoms with Gasteiger partial charge in [0.1, 0.15) is 9.90 Å². The van der Waals surface area contributed by atoms with E-state index < -0.39 is 19.9 Å². The second-order valence-corrected chi connectivity index (χ2v) is 11.6. The molecular formula is C20H15ClN2O4S3. The highest BCUT2D eigenvalue weighted by Crippen LogP contribution is 2.32. The van der Waals surface area contributed by atoms with Crippen molar-refractivity contribution in [2.24, 2.45) is 0 Å². The predicted molar refractivity (Wildman–Crippen MR) is 120 cm³/mol. The van der Waals surface area contributed by atoms with E-state index in [1.807, 2.05) is 30.3 Å². The first-order chi connectivity index (χ1) is 14.1. The van der Waals surface area contributed by atoms with Crippen LogP contribution < -0.4 is 4.72 Å². The number of hydrogen-bond acceptors (Lipinski definition) is 6. The summed E-state index contributed by atoms with van der Waals surface area (Å²) in [6.45, 7) is 0. The van der Waals surface area contributed by atoms with Crippen LogP contribution in [-0.4, -0.2) is 28.1 Å².